The van der Waals surface area contributed by atoms with Crippen LogP contribution in [0.25, 0.3) is 0 Å². The summed E-state index contributed by atoms with van der Waals surface area (Å²) in [6, 6.07) is 0. The van der Waals surface area contributed by atoms with Gasteiger partial charge >= 0.3 is 0 Å². The zero-order valence-corrected chi connectivity index (χ0v) is 8.66. The number of rotatable bonds is 4. The summed E-state index contributed by atoms with van der Waals surface area (Å²) in [6.45, 7) is 0.221. The smallest absolute Gasteiger partial charge is 0.287 e. The van der Waals surface area contributed by atoms with Crippen LogP contribution in [0.1, 0.15) is 0 Å². The maximum atomic E-state index is 11.5. The molecular formula is C9H10ClN3O2. The van der Waals surface area contributed by atoms with Gasteiger partial charge in [0.25, 0.3) is 5.56 Å². The first-order valence-electron chi connectivity index (χ1n) is 4.24. The van der Waals surface area contributed by atoms with Crippen LogP contribution in [-0.2, 0) is 6.54 Å². The second-order valence-corrected chi connectivity index (χ2v) is 3.06. The number of hydrogen-bond donors (Lipinski definition) is 2. The quantitative estimate of drug-likeness (QED) is 0.707. The Morgan fingerprint density at radius 3 is 3.07 bits per heavy atom. The Balaban J connectivity index is 3.00. The van der Waals surface area contributed by atoms with Crippen molar-refractivity contribution in [2.45, 2.75) is 6.54 Å². The van der Waals surface area contributed by atoms with Crippen LogP contribution in [0.3, 0.4) is 0 Å². The minimum absolute atomic E-state index is 0.0219. The predicted molar refractivity (Wildman–Crippen MR) is 57.9 cm³/mol. The molecule has 0 unspecified atom stereocenters. The zero-order valence-electron chi connectivity index (χ0n) is 7.90. The Morgan fingerprint density at radius 2 is 2.47 bits per heavy atom. The third-order valence-electron chi connectivity index (χ3n) is 1.68. The second kappa shape index (κ2) is 5.39. The monoisotopic (exact) mass is 227 g/mol. The van der Waals surface area contributed by atoms with E-state index in [9.17, 15) is 4.79 Å². The first kappa shape index (κ1) is 11.6. The van der Waals surface area contributed by atoms with Crippen molar-refractivity contribution >= 4 is 17.3 Å². The molecule has 2 N–H and O–H groups in total. The summed E-state index contributed by atoms with van der Waals surface area (Å²) < 4.78 is 1.09. The van der Waals surface area contributed by atoms with Crippen molar-refractivity contribution in [3.63, 3.8) is 0 Å². The van der Waals surface area contributed by atoms with Gasteiger partial charge in [0, 0.05) is 0 Å². The number of nitrogens with zero attached hydrogens (tertiary/aromatic N) is 2. The average molecular weight is 228 g/mol. The van der Waals surface area contributed by atoms with E-state index in [1.54, 1.807) is 0 Å². The molecule has 1 aromatic heterocycles. The molecule has 0 aliphatic rings. The first-order chi connectivity index (χ1) is 7.20. The molecule has 0 fully saturated rings. The van der Waals surface area contributed by atoms with Gasteiger partial charge in [-0.05, 0) is 0 Å². The second-order valence-electron chi connectivity index (χ2n) is 2.68. The molecule has 80 valence electrons. The van der Waals surface area contributed by atoms with Crippen LogP contribution in [0, 0.1) is 12.3 Å². The van der Waals surface area contributed by atoms with E-state index in [2.05, 4.69) is 16.3 Å². The highest BCUT2D eigenvalue weighted by atomic mass is 35.5. The molecule has 0 amide bonds. The van der Waals surface area contributed by atoms with Gasteiger partial charge in [0.05, 0.1) is 31.6 Å². The van der Waals surface area contributed by atoms with Crippen LogP contribution < -0.4 is 10.9 Å². The van der Waals surface area contributed by atoms with Gasteiger partial charge in [-0.3, -0.25) is 4.79 Å². The van der Waals surface area contributed by atoms with E-state index in [-0.39, 0.29) is 24.7 Å². The SMILES string of the molecule is C#CCNc1cnn(CCO)c(=O)c1Cl. The topological polar surface area (TPSA) is 67.2 Å². The lowest BCUT2D eigenvalue weighted by Crippen LogP contribution is -2.25. The van der Waals surface area contributed by atoms with Crippen LogP contribution >= 0.6 is 11.6 Å². The standard InChI is InChI=1S/C9H10ClN3O2/c1-2-3-11-7-6-12-13(4-5-14)9(15)8(7)10/h1,6,11,14H,3-5H2. The van der Waals surface area contributed by atoms with E-state index in [0.717, 1.165) is 4.68 Å². The molecule has 15 heavy (non-hydrogen) atoms. The molecule has 0 radical (unpaired) electrons. The minimum atomic E-state index is -0.451. The van der Waals surface area contributed by atoms with Gasteiger partial charge < -0.3 is 10.4 Å². The van der Waals surface area contributed by atoms with Crippen molar-refractivity contribution in [3.8, 4) is 12.3 Å². The number of terminal acetylenes is 1. The van der Waals surface area contributed by atoms with Crippen LogP contribution in [0.15, 0.2) is 11.0 Å². The maximum absolute atomic E-state index is 11.5. The van der Waals surface area contributed by atoms with Gasteiger partial charge in [-0.15, -0.1) is 6.42 Å². The largest absolute Gasteiger partial charge is 0.394 e. The third-order valence-corrected chi connectivity index (χ3v) is 2.04. The summed E-state index contributed by atoms with van der Waals surface area (Å²) in [7, 11) is 0. The van der Waals surface area contributed by atoms with E-state index in [4.69, 9.17) is 23.1 Å². The molecule has 0 saturated carbocycles. The molecule has 1 rings (SSSR count). The summed E-state index contributed by atoms with van der Waals surface area (Å²) in [6.07, 6.45) is 6.45. The molecule has 0 spiro atoms. The Kier molecular flexibility index (Phi) is 4.16. The molecule has 0 aliphatic carbocycles. The summed E-state index contributed by atoms with van der Waals surface area (Å²) in [5, 5.41) is 15.3. The first-order valence-corrected chi connectivity index (χ1v) is 4.62. The highest BCUT2D eigenvalue weighted by Gasteiger charge is 2.07. The van der Waals surface area contributed by atoms with Crippen molar-refractivity contribution in [2.75, 3.05) is 18.5 Å². The van der Waals surface area contributed by atoms with Gasteiger partial charge in [-0.1, -0.05) is 17.5 Å². The number of aliphatic hydroxyl groups excluding tert-OH is 1. The van der Waals surface area contributed by atoms with Crippen LogP contribution in [-0.4, -0.2) is 28.0 Å². The molecule has 0 atom stereocenters. The molecule has 0 bridgehead atoms. The molecule has 0 aliphatic heterocycles. The van der Waals surface area contributed by atoms with E-state index in [0.29, 0.717) is 5.69 Å². The fourth-order valence-electron chi connectivity index (χ4n) is 0.989. The molecule has 0 aromatic carbocycles. The Morgan fingerprint density at radius 1 is 1.73 bits per heavy atom. The number of anilines is 1. The number of hydrogen-bond acceptors (Lipinski definition) is 4. The van der Waals surface area contributed by atoms with E-state index in [1.807, 2.05) is 0 Å². The summed E-state index contributed by atoms with van der Waals surface area (Å²) >= 11 is 5.78. The van der Waals surface area contributed by atoms with E-state index < -0.39 is 5.56 Å². The highest BCUT2D eigenvalue weighted by molar-refractivity contribution is 6.32. The lowest BCUT2D eigenvalue weighted by atomic mass is 10.4. The van der Waals surface area contributed by atoms with Crippen molar-refractivity contribution in [1.82, 2.24) is 9.78 Å². The summed E-state index contributed by atoms with van der Waals surface area (Å²) in [4.78, 5) is 11.5. The molecule has 1 aromatic rings. The van der Waals surface area contributed by atoms with Crippen LogP contribution in [0.4, 0.5) is 5.69 Å². The molecule has 5 nitrogen and oxygen atoms in total. The normalized spacial score (nSPS) is 9.67. The van der Waals surface area contributed by atoms with Crippen LogP contribution in [0.2, 0.25) is 5.02 Å². The average Bonchev–Trinajstić information content (AvgIpc) is 2.24. The molecule has 0 saturated heterocycles. The van der Waals surface area contributed by atoms with Gasteiger partial charge in [0.2, 0.25) is 0 Å². The number of halogens is 1. The highest BCUT2D eigenvalue weighted by Crippen LogP contribution is 2.14. The van der Waals surface area contributed by atoms with E-state index in [1.165, 1.54) is 6.20 Å². The van der Waals surface area contributed by atoms with Crippen molar-refractivity contribution in [1.29, 1.82) is 0 Å². The van der Waals surface area contributed by atoms with E-state index >= 15 is 0 Å². The molecule has 6 heteroatoms. The number of aromatic nitrogens is 2. The lowest BCUT2D eigenvalue weighted by molar-refractivity contribution is 0.266. The van der Waals surface area contributed by atoms with Crippen LogP contribution in [0.5, 0.6) is 0 Å². The zero-order chi connectivity index (χ0) is 11.3. The summed E-state index contributed by atoms with van der Waals surface area (Å²) in [5.74, 6) is 2.36. The fraction of sp³-hybridized carbons (Fsp3) is 0.333. The Hall–Kier alpha value is -1.51. The molecule has 1 heterocycles. The van der Waals surface area contributed by atoms with Gasteiger partial charge in [-0.25, -0.2) is 4.68 Å². The predicted octanol–water partition coefficient (Wildman–Crippen LogP) is -0.0659. The number of aliphatic hydroxyl groups is 1. The third kappa shape index (κ3) is 2.72. The lowest BCUT2D eigenvalue weighted by Gasteiger charge is -2.07. The maximum Gasteiger partial charge on any atom is 0.287 e. The van der Waals surface area contributed by atoms with Gasteiger partial charge in [0.15, 0.2) is 0 Å². The van der Waals surface area contributed by atoms with Crippen molar-refractivity contribution in [3.05, 3.63) is 21.6 Å². The fourth-order valence-corrected chi connectivity index (χ4v) is 1.20. The van der Waals surface area contributed by atoms with Crippen molar-refractivity contribution in [2.24, 2.45) is 0 Å². The molecular weight excluding hydrogens is 218 g/mol. The number of nitrogens with one attached hydrogen (secondary N) is 1. The minimum Gasteiger partial charge on any atom is -0.394 e. The van der Waals surface area contributed by atoms with Gasteiger partial charge in [0.1, 0.15) is 5.02 Å². The summed E-state index contributed by atoms with van der Waals surface area (Å²) in [5.41, 5.74) is -0.0541. The van der Waals surface area contributed by atoms with Gasteiger partial charge in [-0.2, -0.15) is 5.10 Å². The Bertz CT molecular complexity index is 436. The van der Waals surface area contributed by atoms with Crippen molar-refractivity contribution < 1.29 is 5.11 Å². The Labute approximate surface area is 91.7 Å².